The summed E-state index contributed by atoms with van der Waals surface area (Å²) in [5, 5.41) is 0.467. The van der Waals surface area contributed by atoms with Crippen LogP contribution in [0.4, 0.5) is 0 Å². The molecule has 0 radical (unpaired) electrons. The van der Waals surface area contributed by atoms with Crippen molar-refractivity contribution in [2.45, 2.75) is 5.85 Å². The Kier molecular flexibility index (Phi) is 4.34. The van der Waals surface area contributed by atoms with E-state index in [-0.39, 0.29) is 5.71 Å². The van der Waals surface area contributed by atoms with E-state index < -0.39 is 23.7 Å². The molecule has 0 amide bonds. The lowest BCUT2D eigenvalue weighted by Gasteiger charge is -2.19. The minimum absolute atomic E-state index is 0.0475. The first-order valence-corrected chi connectivity index (χ1v) is 8.67. The van der Waals surface area contributed by atoms with Gasteiger partial charge < -0.3 is 9.05 Å². The molecule has 1 heterocycles. The van der Waals surface area contributed by atoms with Crippen molar-refractivity contribution in [3.63, 3.8) is 0 Å². The Morgan fingerprint density at radius 1 is 1.25 bits per heavy atom. The maximum atomic E-state index is 12.4. The molecule has 1 aliphatic heterocycles. The number of nitrogens with zero attached hydrogens (tertiary/aromatic N) is 1. The van der Waals surface area contributed by atoms with Crippen LogP contribution >= 0.6 is 19.2 Å². The SMILES string of the molecule is COP(=O)(OC)C1OS(=O)(=O)N=C1c1ccc(Cl)cc1. The second kappa shape index (κ2) is 5.55. The van der Waals surface area contributed by atoms with Gasteiger partial charge in [-0.3, -0.25) is 4.57 Å². The van der Waals surface area contributed by atoms with E-state index in [0.717, 1.165) is 14.2 Å². The molecule has 10 heteroatoms. The predicted molar refractivity (Wildman–Crippen MR) is 73.4 cm³/mol. The van der Waals surface area contributed by atoms with E-state index in [4.69, 9.17) is 24.8 Å². The molecule has 1 unspecified atom stereocenters. The Bertz CT molecular complexity index is 678. The second-order valence-corrected chi connectivity index (χ2v) is 7.71. The fourth-order valence-corrected chi connectivity index (χ4v) is 4.43. The molecule has 1 aromatic rings. The molecule has 1 aliphatic rings. The summed E-state index contributed by atoms with van der Waals surface area (Å²) in [5.41, 5.74) is 0.350. The van der Waals surface area contributed by atoms with Crippen molar-refractivity contribution >= 4 is 35.2 Å². The zero-order chi connectivity index (χ0) is 15.0. The summed E-state index contributed by atoms with van der Waals surface area (Å²) in [5.74, 6) is -1.44. The van der Waals surface area contributed by atoms with Crippen molar-refractivity contribution in [2.24, 2.45) is 4.40 Å². The third-order valence-electron chi connectivity index (χ3n) is 2.59. The number of benzene rings is 1. The summed E-state index contributed by atoms with van der Waals surface area (Å²) in [7, 11) is -5.72. The lowest BCUT2D eigenvalue weighted by molar-refractivity contribution is 0.227. The highest BCUT2D eigenvalue weighted by atomic mass is 35.5. The van der Waals surface area contributed by atoms with E-state index in [2.05, 4.69) is 4.40 Å². The van der Waals surface area contributed by atoms with Gasteiger partial charge in [0.2, 0.25) is 5.85 Å². The molecule has 0 aliphatic carbocycles. The predicted octanol–water partition coefficient (Wildman–Crippen LogP) is 2.22. The molecule has 1 atom stereocenters. The summed E-state index contributed by atoms with van der Waals surface area (Å²) >= 11 is 5.76. The molecule has 0 aromatic heterocycles. The van der Waals surface area contributed by atoms with Crippen LogP contribution < -0.4 is 0 Å². The van der Waals surface area contributed by atoms with Crippen LogP contribution in [0.25, 0.3) is 0 Å². The third kappa shape index (κ3) is 2.95. The lowest BCUT2D eigenvalue weighted by Crippen LogP contribution is -2.22. The van der Waals surface area contributed by atoms with Crippen molar-refractivity contribution < 1.29 is 26.2 Å². The fraction of sp³-hybridized carbons (Fsp3) is 0.300. The summed E-state index contributed by atoms with van der Waals surface area (Å²) in [6, 6.07) is 6.17. The number of rotatable bonds is 4. The Balaban J connectivity index is 2.52. The van der Waals surface area contributed by atoms with Gasteiger partial charge in [-0.25, -0.2) is 4.18 Å². The highest BCUT2D eigenvalue weighted by Gasteiger charge is 2.47. The van der Waals surface area contributed by atoms with Gasteiger partial charge in [0.05, 0.1) is 0 Å². The van der Waals surface area contributed by atoms with Crippen LogP contribution in [0.2, 0.25) is 5.02 Å². The molecule has 0 fully saturated rings. The molecule has 0 bridgehead atoms. The summed E-state index contributed by atoms with van der Waals surface area (Å²) < 4.78 is 53.1. The third-order valence-corrected chi connectivity index (χ3v) is 5.79. The second-order valence-electron chi connectivity index (χ2n) is 3.76. The van der Waals surface area contributed by atoms with Gasteiger partial charge in [-0.1, -0.05) is 23.7 Å². The number of hydrogen-bond acceptors (Lipinski definition) is 6. The Hall–Kier alpha value is -0.760. The lowest BCUT2D eigenvalue weighted by atomic mass is 10.1. The van der Waals surface area contributed by atoms with Gasteiger partial charge in [0, 0.05) is 24.8 Å². The Labute approximate surface area is 121 Å². The van der Waals surface area contributed by atoms with Crippen LogP contribution in [0.1, 0.15) is 5.56 Å². The molecule has 7 nitrogen and oxygen atoms in total. The van der Waals surface area contributed by atoms with Crippen molar-refractivity contribution in [1.82, 2.24) is 0 Å². The highest BCUT2D eigenvalue weighted by molar-refractivity contribution is 7.86. The summed E-state index contributed by atoms with van der Waals surface area (Å²) in [6.45, 7) is 0. The quantitative estimate of drug-likeness (QED) is 0.781. The first-order valence-electron chi connectivity index (χ1n) is 5.31. The molecule has 1 aromatic carbocycles. The van der Waals surface area contributed by atoms with Crippen LogP contribution in [0.5, 0.6) is 0 Å². The van der Waals surface area contributed by atoms with Crippen molar-refractivity contribution in [2.75, 3.05) is 14.2 Å². The van der Waals surface area contributed by atoms with E-state index in [1.807, 2.05) is 0 Å². The van der Waals surface area contributed by atoms with E-state index in [1.165, 1.54) is 12.1 Å². The fourth-order valence-electron chi connectivity index (χ4n) is 1.63. The molecular formula is C10H11ClNO6PS. The maximum Gasteiger partial charge on any atom is 0.382 e. The smallest absolute Gasteiger partial charge is 0.310 e. The molecular weight excluding hydrogens is 329 g/mol. The topological polar surface area (TPSA) is 91.3 Å². The largest absolute Gasteiger partial charge is 0.382 e. The monoisotopic (exact) mass is 339 g/mol. The van der Waals surface area contributed by atoms with Crippen molar-refractivity contribution in [3.05, 3.63) is 34.9 Å². The maximum absolute atomic E-state index is 12.4. The molecule has 0 saturated heterocycles. The van der Waals surface area contributed by atoms with Crippen LogP contribution in [0.15, 0.2) is 28.7 Å². The minimum atomic E-state index is -4.18. The zero-order valence-corrected chi connectivity index (χ0v) is 13.0. The van der Waals surface area contributed by atoms with Gasteiger partial charge in [0.15, 0.2) is 0 Å². The van der Waals surface area contributed by atoms with E-state index >= 15 is 0 Å². The summed E-state index contributed by atoms with van der Waals surface area (Å²) in [6.07, 6.45) is 0. The number of halogens is 1. The van der Waals surface area contributed by atoms with Crippen LogP contribution in [0, 0.1) is 0 Å². The molecule has 2 rings (SSSR count). The summed E-state index contributed by atoms with van der Waals surface area (Å²) in [4.78, 5) is 0. The van der Waals surface area contributed by atoms with Crippen LogP contribution in [0.3, 0.4) is 0 Å². The average molecular weight is 340 g/mol. The molecule has 0 saturated carbocycles. The highest BCUT2D eigenvalue weighted by Crippen LogP contribution is 2.55. The van der Waals surface area contributed by atoms with Crippen molar-refractivity contribution in [1.29, 1.82) is 0 Å². The number of hydrogen-bond donors (Lipinski definition) is 0. The normalized spacial score (nSPS) is 21.8. The first-order chi connectivity index (χ1) is 9.31. The Morgan fingerprint density at radius 2 is 1.80 bits per heavy atom. The van der Waals surface area contributed by atoms with E-state index in [9.17, 15) is 13.0 Å². The molecule has 0 N–H and O–H groups in total. The van der Waals surface area contributed by atoms with Crippen LogP contribution in [-0.2, 0) is 28.1 Å². The molecule has 20 heavy (non-hydrogen) atoms. The Morgan fingerprint density at radius 3 is 2.30 bits per heavy atom. The van der Waals surface area contributed by atoms with Gasteiger partial charge in [-0.15, -0.1) is 4.40 Å². The van der Waals surface area contributed by atoms with Gasteiger partial charge in [-0.05, 0) is 12.1 Å². The standard InChI is InChI=1S/C10H11ClNO6PS/c1-16-19(13,17-2)10-9(12-20(14,15)18-10)7-3-5-8(11)6-4-7/h3-6,10H,1-2H3. The van der Waals surface area contributed by atoms with Crippen molar-refractivity contribution in [3.8, 4) is 0 Å². The van der Waals surface area contributed by atoms with Crippen LogP contribution in [-0.4, -0.2) is 34.2 Å². The minimum Gasteiger partial charge on any atom is -0.310 e. The van der Waals surface area contributed by atoms with E-state index in [0.29, 0.717) is 10.6 Å². The average Bonchev–Trinajstić information content (AvgIpc) is 2.75. The molecule has 0 spiro atoms. The van der Waals surface area contributed by atoms with E-state index in [1.54, 1.807) is 12.1 Å². The molecule has 110 valence electrons. The first kappa shape index (κ1) is 15.6. The van der Waals surface area contributed by atoms with Gasteiger partial charge in [-0.2, -0.15) is 8.42 Å². The van der Waals surface area contributed by atoms with Gasteiger partial charge >= 0.3 is 17.9 Å². The van der Waals surface area contributed by atoms with Gasteiger partial charge in [0.25, 0.3) is 0 Å². The van der Waals surface area contributed by atoms with Gasteiger partial charge in [0.1, 0.15) is 5.71 Å². The zero-order valence-electron chi connectivity index (χ0n) is 10.5.